The van der Waals surface area contributed by atoms with Gasteiger partial charge < -0.3 is 4.74 Å². The zero-order valence-electron chi connectivity index (χ0n) is 19.2. The molecule has 2 amide bonds. The third kappa shape index (κ3) is 5.14. The second-order valence-electron chi connectivity index (χ2n) is 8.98. The van der Waals surface area contributed by atoms with E-state index in [1.165, 1.54) is 29.2 Å². The number of carbonyl (C=O) groups excluding carboxylic acids is 2. The molecule has 3 aromatic rings. The number of aliphatic imine (C=N–C) groups is 1. The van der Waals surface area contributed by atoms with Crippen LogP contribution in [0.25, 0.3) is 0 Å². The molecule has 0 fully saturated rings. The summed E-state index contributed by atoms with van der Waals surface area (Å²) in [6, 6.07) is 23.2. The summed E-state index contributed by atoms with van der Waals surface area (Å²) in [5.41, 5.74) is 1.22. The predicted octanol–water partition coefficient (Wildman–Crippen LogP) is 5.64. The fourth-order valence-corrected chi connectivity index (χ4v) is 3.80. The molecule has 0 saturated heterocycles. The van der Waals surface area contributed by atoms with Gasteiger partial charge in [0.05, 0.1) is 6.04 Å². The lowest BCUT2D eigenvalue weighted by Crippen LogP contribution is -2.47. The molecular weight excluding hydrogens is 433 g/mol. The first-order valence-electron chi connectivity index (χ1n) is 11.0. The Morgan fingerprint density at radius 3 is 2.00 bits per heavy atom. The Balaban J connectivity index is 1.77. The van der Waals surface area contributed by atoms with Crippen LogP contribution >= 0.6 is 0 Å². The van der Waals surface area contributed by atoms with Crippen LogP contribution < -0.4 is 5.32 Å². The van der Waals surface area contributed by atoms with Gasteiger partial charge >= 0.3 is 6.09 Å². The van der Waals surface area contributed by atoms with E-state index in [-0.39, 0.29) is 11.5 Å². The molecule has 0 aromatic heterocycles. The average molecular weight is 460 g/mol. The highest BCUT2D eigenvalue weighted by Gasteiger charge is 2.44. The van der Waals surface area contributed by atoms with Crippen LogP contribution in [0.15, 0.2) is 89.9 Å². The predicted molar refractivity (Wildman–Crippen MR) is 128 cm³/mol. The average Bonchev–Trinajstić information content (AvgIpc) is 3.19. The van der Waals surface area contributed by atoms with Gasteiger partial charge in [-0.2, -0.15) is 0 Å². The number of halogens is 1. The lowest BCUT2D eigenvalue weighted by atomic mass is 9.94. The van der Waals surface area contributed by atoms with Gasteiger partial charge in [-0.3, -0.25) is 10.1 Å². The van der Waals surface area contributed by atoms with Crippen molar-refractivity contribution in [1.29, 1.82) is 0 Å². The van der Waals surface area contributed by atoms with Crippen molar-refractivity contribution in [3.05, 3.63) is 107 Å². The van der Waals surface area contributed by atoms with Gasteiger partial charge in [0, 0.05) is 5.56 Å². The van der Waals surface area contributed by atoms with Crippen LogP contribution in [0.3, 0.4) is 0 Å². The molecule has 3 aromatic carbocycles. The summed E-state index contributed by atoms with van der Waals surface area (Å²) in [6.07, 6.45) is -0.627. The summed E-state index contributed by atoms with van der Waals surface area (Å²) < 4.78 is 19.0. The SMILES string of the molecule is CC(C)(C)OC(=O)N1C(NC(=O)c2ccc(F)cc2)=N[C@H](c2ccccc2)[C@@H]1c1ccccc1. The summed E-state index contributed by atoms with van der Waals surface area (Å²) in [5, 5.41) is 2.74. The van der Waals surface area contributed by atoms with Crippen LogP contribution in [-0.2, 0) is 4.74 Å². The molecule has 0 bridgehead atoms. The number of amides is 2. The molecule has 1 heterocycles. The number of ether oxygens (including phenoxy) is 1. The molecule has 0 spiro atoms. The lowest BCUT2D eigenvalue weighted by molar-refractivity contribution is 0.0310. The number of guanidine groups is 1. The van der Waals surface area contributed by atoms with E-state index in [1.54, 1.807) is 20.8 Å². The molecule has 0 saturated carbocycles. The first kappa shape index (κ1) is 23.2. The lowest BCUT2D eigenvalue weighted by Gasteiger charge is -2.31. The summed E-state index contributed by atoms with van der Waals surface area (Å²) in [6.45, 7) is 5.34. The third-order valence-corrected chi connectivity index (χ3v) is 5.27. The minimum Gasteiger partial charge on any atom is -0.443 e. The summed E-state index contributed by atoms with van der Waals surface area (Å²) in [5.74, 6) is -0.877. The highest BCUT2D eigenvalue weighted by atomic mass is 19.1. The maximum absolute atomic E-state index is 13.4. The van der Waals surface area contributed by atoms with Gasteiger partial charge in [0.25, 0.3) is 5.91 Å². The number of rotatable bonds is 3. The molecule has 2 atom stereocenters. The van der Waals surface area contributed by atoms with Crippen LogP contribution in [0.4, 0.5) is 9.18 Å². The van der Waals surface area contributed by atoms with E-state index in [9.17, 15) is 14.0 Å². The maximum Gasteiger partial charge on any atom is 0.417 e. The zero-order chi connectivity index (χ0) is 24.3. The molecule has 7 heteroatoms. The fraction of sp³-hybridized carbons (Fsp3) is 0.222. The normalized spacial score (nSPS) is 17.8. The first-order valence-corrected chi connectivity index (χ1v) is 11.0. The van der Waals surface area contributed by atoms with Crippen LogP contribution in [0, 0.1) is 5.82 Å². The number of benzene rings is 3. The van der Waals surface area contributed by atoms with Crippen LogP contribution in [-0.4, -0.2) is 28.5 Å². The Bertz CT molecular complexity index is 1190. The molecule has 174 valence electrons. The van der Waals surface area contributed by atoms with Crippen molar-refractivity contribution < 1.29 is 18.7 Å². The van der Waals surface area contributed by atoms with E-state index in [0.29, 0.717) is 0 Å². The molecule has 6 nitrogen and oxygen atoms in total. The maximum atomic E-state index is 13.4. The van der Waals surface area contributed by atoms with Gasteiger partial charge in [0.15, 0.2) is 0 Å². The van der Waals surface area contributed by atoms with E-state index >= 15 is 0 Å². The Labute approximate surface area is 198 Å². The van der Waals surface area contributed by atoms with E-state index < -0.39 is 35.5 Å². The molecule has 1 N–H and O–H groups in total. The van der Waals surface area contributed by atoms with E-state index in [1.807, 2.05) is 60.7 Å². The van der Waals surface area contributed by atoms with Crippen molar-refractivity contribution in [1.82, 2.24) is 10.2 Å². The molecule has 0 aliphatic carbocycles. The Morgan fingerprint density at radius 1 is 0.882 bits per heavy atom. The van der Waals surface area contributed by atoms with Crippen LogP contribution in [0.1, 0.15) is 54.3 Å². The second-order valence-corrected chi connectivity index (χ2v) is 8.98. The molecule has 34 heavy (non-hydrogen) atoms. The number of hydrogen-bond donors (Lipinski definition) is 1. The summed E-state index contributed by atoms with van der Waals surface area (Å²) in [4.78, 5) is 32.5. The van der Waals surface area contributed by atoms with Crippen molar-refractivity contribution in [2.45, 2.75) is 38.5 Å². The third-order valence-electron chi connectivity index (χ3n) is 5.27. The van der Waals surface area contributed by atoms with Crippen molar-refractivity contribution >= 4 is 18.0 Å². The van der Waals surface area contributed by atoms with Crippen molar-refractivity contribution in [2.24, 2.45) is 4.99 Å². The van der Waals surface area contributed by atoms with Gasteiger partial charge in [-0.1, -0.05) is 60.7 Å². The Morgan fingerprint density at radius 2 is 1.44 bits per heavy atom. The van der Waals surface area contributed by atoms with Crippen molar-refractivity contribution in [2.75, 3.05) is 0 Å². The van der Waals surface area contributed by atoms with Gasteiger partial charge in [-0.25, -0.2) is 19.1 Å². The van der Waals surface area contributed by atoms with Crippen LogP contribution in [0.2, 0.25) is 0 Å². The van der Waals surface area contributed by atoms with E-state index in [0.717, 1.165) is 11.1 Å². The quantitative estimate of drug-likeness (QED) is 0.551. The van der Waals surface area contributed by atoms with Gasteiger partial charge in [-0.05, 0) is 56.2 Å². The van der Waals surface area contributed by atoms with Crippen LogP contribution in [0.5, 0.6) is 0 Å². The minimum absolute atomic E-state index is 0.0753. The Hall–Kier alpha value is -4.00. The molecular formula is C27H26FN3O3. The largest absolute Gasteiger partial charge is 0.443 e. The minimum atomic E-state index is -0.755. The smallest absolute Gasteiger partial charge is 0.417 e. The number of hydrogen-bond acceptors (Lipinski definition) is 4. The Kier molecular flexibility index (Phi) is 6.45. The molecule has 0 radical (unpaired) electrons. The van der Waals surface area contributed by atoms with Gasteiger partial charge in [0.1, 0.15) is 17.5 Å². The van der Waals surface area contributed by atoms with Gasteiger partial charge in [0.2, 0.25) is 5.96 Å². The molecule has 1 aliphatic rings. The topological polar surface area (TPSA) is 71.0 Å². The summed E-state index contributed by atoms with van der Waals surface area (Å²) >= 11 is 0. The van der Waals surface area contributed by atoms with Gasteiger partial charge in [-0.15, -0.1) is 0 Å². The standard InChI is InChI=1S/C27H26FN3O3/c1-27(2,3)34-26(33)31-23(19-12-8-5-9-13-19)22(18-10-6-4-7-11-18)29-25(31)30-24(32)20-14-16-21(28)17-15-20/h4-17,22-23H,1-3H3,(H,29,30,32)/t22-,23+/m1/s1. The van der Waals surface area contributed by atoms with Crippen molar-refractivity contribution in [3.8, 4) is 0 Å². The molecule has 1 aliphatic heterocycles. The molecule has 4 rings (SSSR count). The highest BCUT2D eigenvalue weighted by Crippen LogP contribution is 2.42. The second kappa shape index (κ2) is 9.47. The highest BCUT2D eigenvalue weighted by molar-refractivity contribution is 6.09. The zero-order valence-corrected chi connectivity index (χ0v) is 19.2. The molecule has 0 unspecified atom stereocenters. The number of nitrogens with zero attached hydrogens (tertiary/aromatic N) is 2. The fourth-order valence-electron chi connectivity index (χ4n) is 3.80. The number of carbonyl (C=O) groups is 2. The van der Waals surface area contributed by atoms with Crippen molar-refractivity contribution in [3.63, 3.8) is 0 Å². The summed E-state index contributed by atoms with van der Waals surface area (Å²) in [7, 11) is 0. The monoisotopic (exact) mass is 459 g/mol. The first-order chi connectivity index (χ1) is 16.2. The van der Waals surface area contributed by atoms with E-state index in [2.05, 4.69) is 5.32 Å². The van der Waals surface area contributed by atoms with E-state index in [4.69, 9.17) is 9.73 Å². The number of nitrogens with one attached hydrogen (secondary N) is 1.